The van der Waals surface area contributed by atoms with Crippen molar-refractivity contribution in [3.8, 4) is 11.5 Å². The fraction of sp³-hybridized carbons (Fsp3) is 0.375. The van der Waals surface area contributed by atoms with E-state index in [4.69, 9.17) is 9.47 Å². The maximum Gasteiger partial charge on any atom is 0.318 e. The summed E-state index contributed by atoms with van der Waals surface area (Å²) in [7, 11) is 3.34. The lowest BCUT2D eigenvalue weighted by molar-refractivity contribution is 0.179. The molecule has 0 unspecified atom stereocenters. The second-order valence-electron chi connectivity index (χ2n) is 7.64. The van der Waals surface area contributed by atoms with E-state index in [1.165, 1.54) is 5.56 Å². The lowest BCUT2D eigenvalue weighted by atomic mass is 9.92. The molecule has 158 valence electrons. The van der Waals surface area contributed by atoms with Crippen molar-refractivity contribution in [2.24, 2.45) is 0 Å². The number of carbonyl (C=O) groups is 1. The maximum atomic E-state index is 13.1. The summed E-state index contributed by atoms with van der Waals surface area (Å²) in [5.41, 5.74) is 4.39. The monoisotopic (exact) mass is 407 g/mol. The van der Waals surface area contributed by atoms with Crippen molar-refractivity contribution in [3.63, 3.8) is 0 Å². The topological polar surface area (TPSA) is 66.6 Å². The highest BCUT2D eigenvalue weighted by Crippen LogP contribution is 2.40. The molecule has 2 amide bonds. The molecule has 0 radical (unpaired) electrons. The summed E-state index contributed by atoms with van der Waals surface area (Å²) in [5.74, 6) is 1.62. The van der Waals surface area contributed by atoms with Gasteiger partial charge < -0.3 is 24.7 Å². The van der Waals surface area contributed by atoms with Gasteiger partial charge in [0.05, 0.1) is 20.3 Å². The van der Waals surface area contributed by atoms with Crippen molar-refractivity contribution in [2.75, 3.05) is 27.3 Å². The molecule has 1 atom stereocenters. The van der Waals surface area contributed by atoms with E-state index in [-0.39, 0.29) is 12.1 Å². The lowest BCUT2D eigenvalue weighted by Gasteiger charge is -2.36. The molecule has 2 aromatic carbocycles. The molecular formula is C24H29N3O3. The number of rotatable bonds is 6. The number of benzene rings is 2. The smallest absolute Gasteiger partial charge is 0.318 e. The molecule has 1 aromatic heterocycles. The summed E-state index contributed by atoms with van der Waals surface area (Å²) in [5, 5.41) is 4.24. The number of fused-ring (bicyclic) bond motifs is 3. The van der Waals surface area contributed by atoms with Gasteiger partial charge in [-0.15, -0.1) is 0 Å². The van der Waals surface area contributed by atoms with Crippen LogP contribution in [-0.2, 0) is 6.42 Å². The molecule has 0 spiro atoms. The zero-order valence-corrected chi connectivity index (χ0v) is 17.8. The average Bonchev–Trinajstić information content (AvgIpc) is 3.16. The molecule has 1 aliphatic heterocycles. The fourth-order valence-corrected chi connectivity index (χ4v) is 4.25. The minimum atomic E-state index is -0.205. The van der Waals surface area contributed by atoms with Gasteiger partial charge in [-0.25, -0.2) is 4.79 Å². The van der Waals surface area contributed by atoms with Crippen LogP contribution in [0.5, 0.6) is 11.5 Å². The van der Waals surface area contributed by atoms with Crippen molar-refractivity contribution >= 4 is 16.9 Å². The first-order chi connectivity index (χ1) is 14.7. The quantitative estimate of drug-likeness (QED) is 0.585. The molecule has 1 aliphatic rings. The summed E-state index contributed by atoms with van der Waals surface area (Å²) in [4.78, 5) is 18.6. The van der Waals surface area contributed by atoms with Crippen LogP contribution in [0.15, 0.2) is 42.5 Å². The number of hydrogen-bond donors (Lipinski definition) is 2. The third-order valence-electron chi connectivity index (χ3n) is 5.81. The normalized spacial score (nSPS) is 15.7. The minimum absolute atomic E-state index is 0.0295. The van der Waals surface area contributed by atoms with Gasteiger partial charge in [-0.05, 0) is 54.3 Å². The summed E-state index contributed by atoms with van der Waals surface area (Å²) >= 11 is 0. The Balaban J connectivity index is 1.79. The van der Waals surface area contributed by atoms with Crippen LogP contribution in [0.1, 0.15) is 42.6 Å². The highest BCUT2D eigenvalue weighted by Gasteiger charge is 2.34. The molecule has 0 aliphatic carbocycles. The third kappa shape index (κ3) is 3.70. The molecule has 6 heteroatoms. The van der Waals surface area contributed by atoms with Crippen molar-refractivity contribution in [1.29, 1.82) is 0 Å². The molecule has 0 fully saturated rings. The van der Waals surface area contributed by atoms with Crippen LogP contribution in [-0.4, -0.2) is 43.2 Å². The van der Waals surface area contributed by atoms with Gasteiger partial charge in [0.25, 0.3) is 0 Å². The Bertz CT molecular complexity index is 1040. The molecule has 0 bridgehead atoms. The number of hydrogen-bond acceptors (Lipinski definition) is 3. The van der Waals surface area contributed by atoms with Crippen LogP contribution in [0.4, 0.5) is 4.79 Å². The summed E-state index contributed by atoms with van der Waals surface area (Å²) in [6.45, 7) is 3.46. The Hall–Kier alpha value is -3.15. The Kier molecular flexibility index (Phi) is 5.84. The number of nitrogens with zero attached hydrogens (tertiary/aromatic N) is 1. The molecule has 0 saturated heterocycles. The maximum absolute atomic E-state index is 13.1. The third-order valence-corrected chi connectivity index (χ3v) is 5.81. The molecule has 2 heterocycles. The predicted octanol–water partition coefficient (Wildman–Crippen LogP) is 4.64. The first-order valence-electron chi connectivity index (χ1n) is 10.5. The first kappa shape index (κ1) is 20.1. The highest BCUT2D eigenvalue weighted by atomic mass is 16.5. The molecule has 30 heavy (non-hydrogen) atoms. The average molecular weight is 408 g/mol. The van der Waals surface area contributed by atoms with Crippen LogP contribution in [0.3, 0.4) is 0 Å². The predicted molar refractivity (Wildman–Crippen MR) is 118 cm³/mol. The number of aromatic amines is 1. The molecule has 3 aromatic rings. The zero-order chi connectivity index (χ0) is 21.1. The molecule has 6 nitrogen and oxygen atoms in total. The Labute approximate surface area is 177 Å². The molecular weight excluding hydrogens is 378 g/mol. The zero-order valence-electron chi connectivity index (χ0n) is 17.8. The number of H-pyrrole nitrogens is 1. The van der Waals surface area contributed by atoms with Gasteiger partial charge in [-0.1, -0.05) is 25.5 Å². The van der Waals surface area contributed by atoms with Gasteiger partial charge in [0.15, 0.2) is 0 Å². The number of methoxy groups -OCH3 is 2. The van der Waals surface area contributed by atoms with Crippen LogP contribution < -0.4 is 14.8 Å². The van der Waals surface area contributed by atoms with E-state index in [0.29, 0.717) is 13.1 Å². The van der Waals surface area contributed by atoms with Crippen LogP contribution >= 0.6 is 0 Å². The summed E-state index contributed by atoms with van der Waals surface area (Å²) in [6, 6.07) is 13.8. The summed E-state index contributed by atoms with van der Waals surface area (Å²) in [6.07, 6.45) is 2.82. The fourth-order valence-electron chi connectivity index (χ4n) is 4.25. The molecule has 2 N–H and O–H groups in total. The van der Waals surface area contributed by atoms with Gasteiger partial charge in [0.1, 0.15) is 11.5 Å². The SMILES string of the molecule is CCCCNC(=O)N1CCc2c([nH]c3ccc(OC)cc23)[C@@H]1c1cccc(OC)c1. The van der Waals surface area contributed by atoms with Gasteiger partial charge in [0.2, 0.25) is 0 Å². The Morgan fingerprint density at radius 2 is 1.97 bits per heavy atom. The largest absolute Gasteiger partial charge is 0.497 e. The van der Waals surface area contributed by atoms with Crippen LogP contribution in [0, 0.1) is 0 Å². The standard InChI is InChI=1S/C24H29N3O3/c1-4-5-12-25-24(28)27-13-11-19-20-15-18(30-3)9-10-21(20)26-22(19)23(27)16-7-6-8-17(14-16)29-2/h6-10,14-15,23,26H,4-5,11-13H2,1-3H3,(H,25,28)/t23-/m0/s1. The Morgan fingerprint density at radius 1 is 1.17 bits per heavy atom. The number of urea groups is 1. The van der Waals surface area contributed by atoms with Crippen molar-refractivity contribution in [1.82, 2.24) is 15.2 Å². The van der Waals surface area contributed by atoms with E-state index in [0.717, 1.165) is 52.9 Å². The first-order valence-corrected chi connectivity index (χ1v) is 10.5. The van der Waals surface area contributed by atoms with E-state index in [2.05, 4.69) is 29.4 Å². The van der Waals surface area contributed by atoms with Gasteiger partial charge in [-0.3, -0.25) is 0 Å². The number of amides is 2. The van der Waals surface area contributed by atoms with Gasteiger partial charge in [-0.2, -0.15) is 0 Å². The molecule has 4 rings (SSSR count). The van der Waals surface area contributed by atoms with E-state index < -0.39 is 0 Å². The van der Waals surface area contributed by atoms with Crippen LogP contribution in [0.25, 0.3) is 10.9 Å². The minimum Gasteiger partial charge on any atom is -0.497 e. The number of aromatic nitrogens is 1. The lowest BCUT2D eigenvalue weighted by Crippen LogP contribution is -2.46. The van der Waals surface area contributed by atoms with Gasteiger partial charge >= 0.3 is 6.03 Å². The molecule has 0 saturated carbocycles. The number of ether oxygens (including phenoxy) is 2. The van der Waals surface area contributed by atoms with E-state index in [1.807, 2.05) is 35.2 Å². The second kappa shape index (κ2) is 8.69. The van der Waals surface area contributed by atoms with E-state index in [1.54, 1.807) is 14.2 Å². The van der Waals surface area contributed by atoms with Crippen molar-refractivity contribution in [3.05, 3.63) is 59.3 Å². The summed E-state index contributed by atoms with van der Waals surface area (Å²) < 4.78 is 10.9. The number of carbonyl (C=O) groups excluding carboxylic acids is 1. The highest BCUT2D eigenvalue weighted by molar-refractivity contribution is 5.87. The van der Waals surface area contributed by atoms with Crippen molar-refractivity contribution < 1.29 is 14.3 Å². The Morgan fingerprint density at radius 3 is 2.73 bits per heavy atom. The van der Waals surface area contributed by atoms with Gasteiger partial charge in [0, 0.05) is 29.7 Å². The second-order valence-corrected chi connectivity index (χ2v) is 7.64. The van der Waals surface area contributed by atoms with E-state index in [9.17, 15) is 4.79 Å². The van der Waals surface area contributed by atoms with E-state index >= 15 is 0 Å². The van der Waals surface area contributed by atoms with Crippen molar-refractivity contribution in [2.45, 2.75) is 32.2 Å². The number of unbranched alkanes of at least 4 members (excludes halogenated alkanes) is 1. The number of nitrogens with one attached hydrogen (secondary N) is 2. The van der Waals surface area contributed by atoms with Crippen LogP contribution in [0.2, 0.25) is 0 Å².